The zero-order valence-electron chi connectivity index (χ0n) is 12.3. The van der Waals surface area contributed by atoms with Gasteiger partial charge in [0.05, 0.1) is 23.3 Å². The van der Waals surface area contributed by atoms with Crippen molar-refractivity contribution >= 4 is 27.9 Å². The van der Waals surface area contributed by atoms with Crippen molar-refractivity contribution < 1.29 is 140 Å². The maximum atomic E-state index is 11.5. The van der Waals surface area contributed by atoms with E-state index in [1.165, 1.54) is 0 Å². The van der Waals surface area contributed by atoms with Crippen LogP contribution >= 0.6 is 0 Å². The zero-order valence-corrected chi connectivity index (χ0v) is 19.3. The molecule has 114 valence electrons. The Morgan fingerprint density at radius 2 is 1.86 bits per heavy atom. The molecule has 1 aliphatic rings. The predicted octanol–water partition coefficient (Wildman–Crippen LogP) is -10.6. The minimum Gasteiger partial charge on any atom is -0.748 e. The first-order valence-electron chi connectivity index (χ1n) is 5.41. The molecule has 1 saturated carbocycles. The van der Waals surface area contributed by atoms with Gasteiger partial charge < -0.3 is 30.2 Å². The summed E-state index contributed by atoms with van der Waals surface area (Å²) in [4.78, 5) is 33.0. The Morgan fingerprint density at radius 3 is 2.18 bits per heavy atom. The molecule has 22 heavy (non-hydrogen) atoms. The number of carboxylic acid groups (broad SMARTS) is 1. The third-order valence-electron chi connectivity index (χ3n) is 2.80. The van der Waals surface area contributed by atoms with Gasteiger partial charge >= 0.3 is 103 Å². The van der Waals surface area contributed by atoms with Crippen molar-refractivity contribution in [3.05, 3.63) is 0 Å². The SMILES string of the molecule is CC(=O)NCC(O)C(=O)NC1(C(=O)[O-])CC1S(=O)(=O)[O-].[K+].[K+]. The molecule has 0 aromatic heterocycles. The first kappa shape index (κ1) is 25.8. The molecule has 1 rings (SSSR count). The van der Waals surface area contributed by atoms with Crippen molar-refractivity contribution in [2.75, 3.05) is 6.54 Å². The van der Waals surface area contributed by atoms with Crippen LogP contribution in [0.1, 0.15) is 13.3 Å². The second-order valence-electron chi connectivity index (χ2n) is 4.39. The van der Waals surface area contributed by atoms with Crippen LogP contribution in [-0.4, -0.2) is 59.3 Å². The van der Waals surface area contributed by atoms with Crippen LogP contribution in [0.25, 0.3) is 0 Å². The number of nitrogens with one attached hydrogen (secondary N) is 2. The van der Waals surface area contributed by atoms with Gasteiger partial charge in [0.2, 0.25) is 5.91 Å². The Bertz CT molecular complexity index is 554. The van der Waals surface area contributed by atoms with E-state index >= 15 is 0 Å². The van der Waals surface area contributed by atoms with E-state index in [1.807, 2.05) is 0 Å². The van der Waals surface area contributed by atoms with E-state index in [2.05, 4.69) is 5.32 Å². The molecule has 1 fully saturated rings. The summed E-state index contributed by atoms with van der Waals surface area (Å²) in [5.41, 5.74) is -2.32. The van der Waals surface area contributed by atoms with E-state index in [1.54, 1.807) is 5.32 Å². The summed E-state index contributed by atoms with van der Waals surface area (Å²) in [5, 5.41) is 22.3. The minimum absolute atomic E-state index is 0. The van der Waals surface area contributed by atoms with Gasteiger partial charge in [0.1, 0.15) is 16.2 Å². The predicted molar refractivity (Wildman–Crippen MR) is 58.7 cm³/mol. The Morgan fingerprint density at radius 1 is 1.36 bits per heavy atom. The van der Waals surface area contributed by atoms with Crippen LogP contribution in [0.5, 0.6) is 0 Å². The average molecular weight is 386 g/mol. The smallest absolute Gasteiger partial charge is 0.748 e. The minimum atomic E-state index is -4.92. The van der Waals surface area contributed by atoms with Crippen LogP contribution in [0, 0.1) is 0 Å². The molecule has 0 aromatic carbocycles. The van der Waals surface area contributed by atoms with Gasteiger partial charge in [-0.05, 0) is 6.42 Å². The van der Waals surface area contributed by atoms with Crippen LogP contribution in [0.4, 0.5) is 0 Å². The number of aliphatic hydroxyl groups is 1. The van der Waals surface area contributed by atoms with Gasteiger partial charge in [-0.3, -0.25) is 9.59 Å². The van der Waals surface area contributed by atoms with Gasteiger partial charge in [0.15, 0.2) is 0 Å². The Kier molecular flexibility index (Phi) is 11.6. The molecular formula is C9H12K2N2O8S. The van der Waals surface area contributed by atoms with Gasteiger partial charge in [0.25, 0.3) is 5.91 Å². The number of hydrogen-bond acceptors (Lipinski definition) is 8. The topological polar surface area (TPSA) is 176 Å². The summed E-state index contributed by atoms with van der Waals surface area (Å²) in [6.45, 7) is 0.646. The monoisotopic (exact) mass is 386 g/mol. The summed E-state index contributed by atoms with van der Waals surface area (Å²) in [6, 6.07) is 0. The second kappa shape index (κ2) is 9.89. The molecule has 1 aliphatic carbocycles. The van der Waals surface area contributed by atoms with E-state index in [9.17, 15) is 37.6 Å². The molecule has 3 atom stereocenters. The standard InChI is InChI=1S/C9H14N2O8S.2K/c1-4(12)10-3-5(13)7(14)11-9(8(15)16)2-6(9)20(17,18)19;;/h5-6,13H,2-3H2,1H3,(H,10,12)(H,11,14)(H,15,16)(H,17,18,19);;/q;2*+1/p-2. The van der Waals surface area contributed by atoms with Crippen molar-refractivity contribution in [3.63, 3.8) is 0 Å². The van der Waals surface area contributed by atoms with Crippen molar-refractivity contribution in [2.45, 2.75) is 30.2 Å². The van der Waals surface area contributed by atoms with E-state index in [0.717, 1.165) is 6.92 Å². The molecule has 0 radical (unpaired) electrons. The number of hydrogen-bond donors (Lipinski definition) is 3. The first-order chi connectivity index (χ1) is 9.00. The summed E-state index contributed by atoms with van der Waals surface area (Å²) >= 11 is 0. The van der Waals surface area contributed by atoms with Crippen LogP contribution in [-0.2, 0) is 24.5 Å². The van der Waals surface area contributed by atoms with E-state index in [-0.39, 0.29) is 103 Å². The van der Waals surface area contributed by atoms with Gasteiger partial charge in [-0.1, -0.05) is 0 Å². The number of carboxylic acids is 1. The van der Waals surface area contributed by atoms with Gasteiger partial charge in [-0.15, -0.1) is 0 Å². The normalized spacial score (nSPS) is 24.0. The molecule has 0 saturated heterocycles. The molecule has 3 unspecified atom stereocenters. The van der Waals surface area contributed by atoms with Crippen molar-refractivity contribution in [3.8, 4) is 0 Å². The molecule has 0 heterocycles. The number of aliphatic carboxylic acids is 1. The van der Waals surface area contributed by atoms with E-state index in [4.69, 9.17) is 0 Å². The third kappa shape index (κ3) is 6.81. The second-order valence-corrected chi connectivity index (χ2v) is 5.94. The Hall–Kier alpha value is 1.55. The largest absolute Gasteiger partial charge is 1.00 e. The molecule has 13 heteroatoms. The molecule has 0 aliphatic heterocycles. The fraction of sp³-hybridized carbons (Fsp3) is 0.667. The summed E-state index contributed by atoms with van der Waals surface area (Å²) in [6.07, 6.45) is -2.41. The van der Waals surface area contributed by atoms with E-state index < -0.39 is 57.8 Å². The van der Waals surface area contributed by atoms with Crippen LogP contribution in [0.15, 0.2) is 0 Å². The molecule has 0 spiro atoms. The van der Waals surface area contributed by atoms with Crippen molar-refractivity contribution in [1.29, 1.82) is 0 Å². The summed E-state index contributed by atoms with van der Waals surface area (Å²) in [7, 11) is -4.92. The number of aliphatic hydroxyl groups excluding tert-OH is 1. The van der Waals surface area contributed by atoms with Crippen molar-refractivity contribution in [1.82, 2.24) is 10.6 Å². The number of amides is 2. The molecule has 10 nitrogen and oxygen atoms in total. The fourth-order valence-corrected chi connectivity index (χ4v) is 2.73. The Balaban J connectivity index is 0. The third-order valence-corrected chi connectivity index (χ3v) is 4.07. The molecular weight excluding hydrogens is 374 g/mol. The number of rotatable bonds is 6. The Labute approximate surface area is 211 Å². The maximum absolute atomic E-state index is 11.5. The number of carbonyl (C=O) groups is 3. The van der Waals surface area contributed by atoms with Gasteiger partial charge in [-0.25, -0.2) is 8.42 Å². The first-order valence-corrected chi connectivity index (χ1v) is 6.88. The van der Waals surface area contributed by atoms with E-state index in [0.29, 0.717) is 0 Å². The summed E-state index contributed by atoms with van der Waals surface area (Å²) < 4.78 is 32.3. The molecule has 0 aromatic rings. The van der Waals surface area contributed by atoms with Crippen LogP contribution in [0.2, 0.25) is 0 Å². The maximum Gasteiger partial charge on any atom is 1.00 e. The van der Waals surface area contributed by atoms with Crippen LogP contribution in [0.3, 0.4) is 0 Å². The average Bonchev–Trinajstić information content (AvgIpc) is 3.01. The van der Waals surface area contributed by atoms with Crippen molar-refractivity contribution in [2.24, 2.45) is 0 Å². The molecule has 2 amide bonds. The zero-order chi connectivity index (χ0) is 15.7. The van der Waals surface area contributed by atoms with Gasteiger partial charge in [0, 0.05) is 6.92 Å². The molecule has 0 bridgehead atoms. The molecule has 3 N–H and O–H groups in total. The quantitative estimate of drug-likeness (QED) is 0.298. The fourth-order valence-electron chi connectivity index (χ4n) is 1.62. The number of carbonyl (C=O) groups excluding carboxylic acids is 3. The van der Waals surface area contributed by atoms with Crippen LogP contribution < -0.4 is 119 Å². The van der Waals surface area contributed by atoms with Gasteiger partial charge in [-0.2, -0.15) is 0 Å². The summed E-state index contributed by atoms with van der Waals surface area (Å²) in [5.74, 6) is -3.69.